The van der Waals surface area contributed by atoms with Crippen LogP contribution in [-0.2, 0) is 13.5 Å². The number of rotatable bonds is 5. The number of aromatic nitrogens is 5. The molecule has 0 fully saturated rings. The van der Waals surface area contributed by atoms with Crippen molar-refractivity contribution in [3.63, 3.8) is 0 Å². The number of anilines is 1. The molecule has 0 atom stereocenters. The van der Waals surface area contributed by atoms with Crippen molar-refractivity contribution in [1.82, 2.24) is 24.7 Å². The zero-order valence-electron chi connectivity index (χ0n) is 12.1. The molecular weight excluding hydrogens is 304 g/mol. The summed E-state index contributed by atoms with van der Waals surface area (Å²) in [7, 11) is 1.93. The molecular formula is C13H16N6S2. The molecule has 0 saturated heterocycles. The van der Waals surface area contributed by atoms with Gasteiger partial charge in [0.2, 0.25) is 5.95 Å². The van der Waals surface area contributed by atoms with Crippen LogP contribution in [0, 0.1) is 0 Å². The van der Waals surface area contributed by atoms with Crippen LogP contribution in [0.5, 0.6) is 0 Å². The summed E-state index contributed by atoms with van der Waals surface area (Å²) in [5.74, 6) is 0.666. The molecule has 3 aromatic rings. The number of hydrogen-bond donors (Lipinski definition) is 1. The number of thiophene rings is 1. The fourth-order valence-electron chi connectivity index (χ4n) is 1.89. The average Bonchev–Trinajstić information content (AvgIpc) is 3.06. The molecule has 8 heteroatoms. The van der Waals surface area contributed by atoms with Gasteiger partial charge < -0.3 is 9.88 Å². The van der Waals surface area contributed by atoms with E-state index in [1.807, 2.05) is 18.5 Å². The Hall–Kier alpha value is -1.67. The summed E-state index contributed by atoms with van der Waals surface area (Å²) in [4.78, 5) is 11.5. The Morgan fingerprint density at radius 2 is 2.19 bits per heavy atom. The van der Waals surface area contributed by atoms with E-state index >= 15 is 0 Å². The van der Waals surface area contributed by atoms with Crippen molar-refractivity contribution >= 4 is 39.3 Å². The third-order valence-corrected chi connectivity index (χ3v) is 5.18. The highest BCUT2D eigenvalue weighted by Crippen LogP contribution is 2.35. The van der Waals surface area contributed by atoms with Gasteiger partial charge >= 0.3 is 0 Å². The first kappa shape index (κ1) is 14.3. The maximum absolute atomic E-state index is 4.62. The molecule has 0 aliphatic carbocycles. The number of fused-ring (bicyclic) bond motifs is 1. The van der Waals surface area contributed by atoms with E-state index in [1.54, 1.807) is 17.7 Å². The molecule has 21 heavy (non-hydrogen) atoms. The minimum atomic E-state index is 0.666. The van der Waals surface area contributed by atoms with Gasteiger partial charge in [-0.25, -0.2) is 9.97 Å². The van der Waals surface area contributed by atoms with Gasteiger partial charge in [0, 0.05) is 23.9 Å². The van der Waals surface area contributed by atoms with Crippen LogP contribution in [0.4, 0.5) is 5.95 Å². The Morgan fingerprint density at radius 1 is 1.33 bits per heavy atom. The van der Waals surface area contributed by atoms with E-state index in [0.717, 1.165) is 33.4 Å². The van der Waals surface area contributed by atoms with Crippen LogP contribution in [0.25, 0.3) is 10.2 Å². The molecule has 110 valence electrons. The summed E-state index contributed by atoms with van der Waals surface area (Å²) in [5.41, 5.74) is 0. The van der Waals surface area contributed by atoms with Crippen LogP contribution in [0.15, 0.2) is 22.6 Å². The number of hydrogen-bond acceptors (Lipinski definition) is 7. The number of nitrogens with one attached hydrogen (secondary N) is 1. The molecule has 6 nitrogen and oxygen atoms in total. The van der Waals surface area contributed by atoms with E-state index in [4.69, 9.17) is 0 Å². The zero-order valence-corrected chi connectivity index (χ0v) is 13.8. The lowest BCUT2D eigenvalue weighted by molar-refractivity contribution is 0.787. The average molecular weight is 320 g/mol. The second-order valence-corrected chi connectivity index (χ2v) is 6.57. The highest BCUT2D eigenvalue weighted by molar-refractivity contribution is 7.99. The maximum Gasteiger partial charge on any atom is 0.225 e. The van der Waals surface area contributed by atoms with E-state index in [9.17, 15) is 0 Å². The first-order valence-electron chi connectivity index (χ1n) is 6.77. The van der Waals surface area contributed by atoms with Crippen molar-refractivity contribution in [3.05, 3.63) is 17.3 Å². The predicted octanol–water partition coefficient (Wildman–Crippen LogP) is 2.97. The minimum Gasteiger partial charge on any atom is -0.354 e. The highest BCUT2D eigenvalue weighted by Gasteiger charge is 2.14. The van der Waals surface area contributed by atoms with Crippen LogP contribution in [0.1, 0.15) is 18.7 Å². The molecule has 1 N–H and O–H groups in total. The van der Waals surface area contributed by atoms with E-state index in [-0.39, 0.29) is 0 Å². The molecule has 3 rings (SSSR count). The number of nitrogens with zero attached hydrogens (tertiary/aromatic N) is 5. The molecule has 0 amide bonds. The summed E-state index contributed by atoms with van der Waals surface area (Å²) in [6, 6.07) is 2.18. The quantitative estimate of drug-likeness (QED) is 0.729. The van der Waals surface area contributed by atoms with Crippen LogP contribution in [0.3, 0.4) is 0 Å². The smallest absolute Gasteiger partial charge is 0.225 e. The summed E-state index contributed by atoms with van der Waals surface area (Å²) in [5, 5.41) is 14.1. The summed E-state index contributed by atoms with van der Waals surface area (Å²) in [6.07, 6.45) is 2.70. The van der Waals surface area contributed by atoms with Gasteiger partial charge in [0.05, 0.1) is 0 Å². The Kier molecular flexibility index (Phi) is 4.07. The van der Waals surface area contributed by atoms with Crippen molar-refractivity contribution in [2.75, 3.05) is 11.9 Å². The van der Waals surface area contributed by atoms with Crippen molar-refractivity contribution in [3.8, 4) is 0 Å². The zero-order chi connectivity index (χ0) is 14.8. The SMILES string of the molecule is CCNc1nc(Sc2nncn2C)c2cc(CC)sc2n1. The maximum atomic E-state index is 4.62. The van der Waals surface area contributed by atoms with Crippen LogP contribution < -0.4 is 5.32 Å². The summed E-state index contributed by atoms with van der Waals surface area (Å²) >= 11 is 3.24. The Balaban J connectivity index is 2.09. The summed E-state index contributed by atoms with van der Waals surface area (Å²) in [6.45, 7) is 4.99. The van der Waals surface area contributed by atoms with Gasteiger partial charge in [-0.1, -0.05) is 6.92 Å². The third-order valence-electron chi connectivity index (χ3n) is 2.95. The molecule has 0 aliphatic heterocycles. The molecule has 0 aromatic carbocycles. The second-order valence-electron chi connectivity index (χ2n) is 4.49. The molecule has 0 spiro atoms. The first-order chi connectivity index (χ1) is 10.2. The highest BCUT2D eigenvalue weighted by atomic mass is 32.2. The second kappa shape index (κ2) is 5.98. The molecule has 0 aliphatic rings. The topological polar surface area (TPSA) is 68.5 Å². The monoisotopic (exact) mass is 320 g/mol. The van der Waals surface area contributed by atoms with Gasteiger partial charge in [-0.05, 0) is 31.2 Å². The molecule has 0 bridgehead atoms. The normalized spacial score (nSPS) is 11.2. The van der Waals surface area contributed by atoms with Gasteiger partial charge in [-0.3, -0.25) is 0 Å². The Bertz CT molecular complexity index is 763. The van der Waals surface area contributed by atoms with Crippen molar-refractivity contribution in [2.24, 2.45) is 7.05 Å². The first-order valence-corrected chi connectivity index (χ1v) is 8.40. The van der Waals surface area contributed by atoms with Crippen LogP contribution >= 0.6 is 23.1 Å². The van der Waals surface area contributed by atoms with Gasteiger partial charge in [0.25, 0.3) is 0 Å². The van der Waals surface area contributed by atoms with E-state index in [2.05, 4.69) is 38.5 Å². The molecule has 0 radical (unpaired) electrons. The van der Waals surface area contributed by atoms with Gasteiger partial charge in [-0.2, -0.15) is 0 Å². The Labute approximate surface area is 131 Å². The standard InChI is InChI=1S/C13H16N6S2/c1-4-8-6-9-10(20-8)16-12(14-5-2)17-11(9)21-13-18-15-7-19(13)3/h6-7H,4-5H2,1-3H3,(H,14,16,17). The molecule has 3 heterocycles. The van der Waals surface area contributed by atoms with Crippen molar-refractivity contribution < 1.29 is 0 Å². The number of aryl methyl sites for hydroxylation is 2. The van der Waals surface area contributed by atoms with E-state index in [1.165, 1.54) is 16.6 Å². The van der Waals surface area contributed by atoms with Crippen LogP contribution in [0.2, 0.25) is 0 Å². The van der Waals surface area contributed by atoms with Crippen molar-refractivity contribution in [2.45, 2.75) is 30.5 Å². The van der Waals surface area contributed by atoms with E-state index < -0.39 is 0 Å². The largest absolute Gasteiger partial charge is 0.354 e. The molecule has 0 unspecified atom stereocenters. The van der Waals surface area contributed by atoms with E-state index in [0.29, 0.717) is 5.95 Å². The third kappa shape index (κ3) is 2.86. The molecule has 0 saturated carbocycles. The lowest BCUT2D eigenvalue weighted by Crippen LogP contribution is -2.02. The predicted molar refractivity (Wildman–Crippen MR) is 86.1 cm³/mol. The van der Waals surface area contributed by atoms with Crippen LogP contribution in [-0.4, -0.2) is 31.3 Å². The fraction of sp³-hybridized carbons (Fsp3) is 0.385. The summed E-state index contributed by atoms with van der Waals surface area (Å²) < 4.78 is 1.89. The Morgan fingerprint density at radius 3 is 2.86 bits per heavy atom. The van der Waals surface area contributed by atoms with Gasteiger partial charge in [-0.15, -0.1) is 21.5 Å². The van der Waals surface area contributed by atoms with Gasteiger partial charge in [0.1, 0.15) is 16.2 Å². The molecule has 3 aromatic heterocycles. The van der Waals surface area contributed by atoms with Crippen molar-refractivity contribution in [1.29, 1.82) is 0 Å². The lowest BCUT2D eigenvalue weighted by Gasteiger charge is -2.05. The lowest BCUT2D eigenvalue weighted by atomic mass is 10.3. The fourth-order valence-corrected chi connectivity index (χ4v) is 3.77. The van der Waals surface area contributed by atoms with Gasteiger partial charge in [0.15, 0.2) is 5.16 Å². The minimum absolute atomic E-state index is 0.666.